The number of piperidine rings is 1. The van der Waals surface area contributed by atoms with Gasteiger partial charge in [0.05, 0.1) is 5.41 Å². The number of nitrogens with one attached hydrogen (secondary N) is 2. The van der Waals surface area contributed by atoms with Gasteiger partial charge in [-0.05, 0) is 20.3 Å². The summed E-state index contributed by atoms with van der Waals surface area (Å²) in [5.74, 6) is -2.51. The van der Waals surface area contributed by atoms with Crippen LogP contribution in [0.3, 0.4) is 0 Å². The molecule has 0 aromatic carbocycles. The van der Waals surface area contributed by atoms with Crippen molar-refractivity contribution in [2.24, 2.45) is 5.41 Å². The summed E-state index contributed by atoms with van der Waals surface area (Å²) < 4.78 is 0. The Kier molecular flexibility index (Phi) is 4.05. The summed E-state index contributed by atoms with van der Waals surface area (Å²) in [4.78, 5) is 44.7. The molecule has 1 fully saturated rings. The van der Waals surface area contributed by atoms with Crippen LogP contribution in [0.1, 0.15) is 33.1 Å². The molecule has 1 aliphatic rings. The van der Waals surface area contributed by atoms with Crippen molar-refractivity contribution < 1.29 is 24.3 Å². The second-order valence-corrected chi connectivity index (χ2v) is 4.94. The zero-order valence-electron chi connectivity index (χ0n) is 10.3. The van der Waals surface area contributed by atoms with E-state index in [2.05, 4.69) is 10.6 Å². The standard InChI is InChI=1S/C11H16N2O5/c1-11(2,10(17)18)5-8(15)12-6-3-4-7(14)13-9(6)16/h6H,3-5H2,1-2H3,(H,12,15)(H,17,18)(H,13,14,16). The second-order valence-electron chi connectivity index (χ2n) is 4.94. The van der Waals surface area contributed by atoms with E-state index >= 15 is 0 Å². The zero-order valence-corrected chi connectivity index (χ0v) is 10.3. The van der Waals surface area contributed by atoms with Crippen molar-refractivity contribution >= 4 is 23.7 Å². The fourth-order valence-corrected chi connectivity index (χ4v) is 1.55. The van der Waals surface area contributed by atoms with Crippen LogP contribution in [0.15, 0.2) is 0 Å². The maximum absolute atomic E-state index is 11.6. The van der Waals surface area contributed by atoms with Crippen LogP contribution in [-0.2, 0) is 19.2 Å². The molecule has 100 valence electrons. The first-order chi connectivity index (χ1) is 8.22. The minimum Gasteiger partial charge on any atom is -0.481 e. The molecule has 0 radical (unpaired) electrons. The van der Waals surface area contributed by atoms with Crippen molar-refractivity contribution in [3.8, 4) is 0 Å². The molecule has 1 unspecified atom stereocenters. The Morgan fingerprint density at radius 3 is 2.56 bits per heavy atom. The highest BCUT2D eigenvalue weighted by Crippen LogP contribution is 2.20. The topological polar surface area (TPSA) is 113 Å². The lowest BCUT2D eigenvalue weighted by molar-refractivity contribution is -0.149. The van der Waals surface area contributed by atoms with Crippen molar-refractivity contribution in [1.29, 1.82) is 0 Å². The van der Waals surface area contributed by atoms with Gasteiger partial charge in [0.15, 0.2) is 0 Å². The first kappa shape index (κ1) is 14.1. The van der Waals surface area contributed by atoms with Crippen LogP contribution in [-0.4, -0.2) is 34.8 Å². The van der Waals surface area contributed by atoms with E-state index in [1.54, 1.807) is 0 Å². The summed E-state index contributed by atoms with van der Waals surface area (Å²) in [6, 6.07) is -0.764. The number of rotatable bonds is 4. The van der Waals surface area contributed by atoms with E-state index < -0.39 is 29.2 Å². The van der Waals surface area contributed by atoms with Gasteiger partial charge in [0.2, 0.25) is 17.7 Å². The normalized spacial score (nSPS) is 20.2. The molecule has 1 rings (SSSR count). The molecule has 0 saturated carbocycles. The Morgan fingerprint density at radius 2 is 2.06 bits per heavy atom. The minimum atomic E-state index is -1.19. The van der Waals surface area contributed by atoms with Gasteiger partial charge in [-0.15, -0.1) is 0 Å². The number of carbonyl (C=O) groups is 4. The summed E-state index contributed by atoms with van der Waals surface area (Å²) in [6.45, 7) is 2.86. The van der Waals surface area contributed by atoms with Crippen molar-refractivity contribution in [2.45, 2.75) is 39.2 Å². The Balaban J connectivity index is 2.53. The Labute approximate surface area is 104 Å². The molecule has 3 amide bonds. The molecule has 0 spiro atoms. The Hall–Kier alpha value is -1.92. The Bertz CT molecular complexity index is 402. The molecule has 0 aromatic rings. The number of carboxylic acids is 1. The average molecular weight is 256 g/mol. The van der Waals surface area contributed by atoms with Gasteiger partial charge >= 0.3 is 5.97 Å². The lowest BCUT2D eigenvalue weighted by Crippen LogP contribution is -2.52. The van der Waals surface area contributed by atoms with E-state index in [1.165, 1.54) is 13.8 Å². The molecular formula is C11H16N2O5. The molecule has 0 bridgehead atoms. The predicted octanol–water partition coefficient (Wildman–Crippen LogP) is -0.591. The fourth-order valence-electron chi connectivity index (χ4n) is 1.55. The van der Waals surface area contributed by atoms with Crippen LogP contribution >= 0.6 is 0 Å². The highest BCUT2D eigenvalue weighted by atomic mass is 16.4. The summed E-state index contributed by atoms with van der Waals surface area (Å²) in [5, 5.41) is 13.4. The van der Waals surface area contributed by atoms with Gasteiger partial charge in [0, 0.05) is 12.8 Å². The molecule has 1 saturated heterocycles. The molecule has 1 atom stereocenters. The molecule has 1 aliphatic heterocycles. The third kappa shape index (κ3) is 3.54. The predicted molar refractivity (Wildman–Crippen MR) is 60.3 cm³/mol. The number of carboxylic acid groups (broad SMARTS) is 1. The van der Waals surface area contributed by atoms with Crippen LogP contribution in [0.25, 0.3) is 0 Å². The SMILES string of the molecule is CC(C)(CC(=O)NC1CCC(=O)NC1=O)C(=O)O. The largest absolute Gasteiger partial charge is 0.481 e. The monoisotopic (exact) mass is 256 g/mol. The van der Waals surface area contributed by atoms with Gasteiger partial charge in [-0.2, -0.15) is 0 Å². The third-order valence-corrected chi connectivity index (χ3v) is 2.76. The van der Waals surface area contributed by atoms with Gasteiger partial charge in [-0.25, -0.2) is 0 Å². The van der Waals surface area contributed by atoms with Gasteiger partial charge in [-0.3, -0.25) is 24.5 Å². The number of aliphatic carboxylic acids is 1. The highest BCUT2D eigenvalue weighted by molar-refractivity contribution is 6.01. The van der Waals surface area contributed by atoms with Crippen LogP contribution in [0.4, 0.5) is 0 Å². The molecule has 7 nitrogen and oxygen atoms in total. The zero-order chi connectivity index (χ0) is 13.9. The maximum atomic E-state index is 11.6. The average Bonchev–Trinajstić information content (AvgIpc) is 2.21. The molecule has 7 heteroatoms. The van der Waals surface area contributed by atoms with Crippen LogP contribution in [0.5, 0.6) is 0 Å². The first-order valence-corrected chi connectivity index (χ1v) is 5.59. The lowest BCUT2D eigenvalue weighted by Gasteiger charge is -2.24. The number of amides is 3. The van der Waals surface area contributed by atoms with Crippen LogP contribution in [0.2, 0.25) is 0 Å². The van der Waals surface area contributed by atoms with Crippen molar-refractivity contribution in [3.63, 3.8) is 0 Å². The highest BCUT2D eigenvalue weighted by Gasteiger charge is 2.33. The summed E-state index contributed by atoms with van der Waals surface area (Å²) >= 11 is 0. The van der Waals surface area contributed by atoms with Crippen LogP contribution < -0.4 is 10.6 Å². The molecule has 0 aromatic heterocycles. The smallest absolute Gasteiger partial charge is 0.309 e. The Morgan fingerprint density at radius 1 is 1.44 bits per heavy atom. The van der Waals surface area contributed by atoms with Crippen LogP contribution in [0, 0.1) is 5.41 Å². The lowest BCUT2D eigenvalue weighted by atomic mass is 9.89. The quantitative estimate of drug-likeness (QED) is 0.582. The van der Waals surface area contributed by atoms with Gasteiger partial charge in [0.25, 0.3) is 0 Å². The molecule has 18 heavy (non-hydrogen) atoms. The summed E-state index contributed by atoms with van der Waals surface area (Å²) in [6.07, 6.45) is 0.184. The molecule has 1 heterocycles. The van der Waals surface area contributed by atoms with Crippen molar-refractivity contribution in [3.05, 3.63) is 0 Å². The number of imide groups is 1. The van der Waals surface area contributed by atoms with E-state index in [-0.39, 0.29) is 25.2 Å². The number of hydrogen-bond donors (Lipinski definition) is 3. The van der Waals surface area contributed by atoms with Gasteiger partial charge in [0.1, 0.15) is 6.04 Å². The molecule has 3 N–H and O–H groups in total. The first-order valence-electron chi connectivity index (χ1n) is 5.59. The van der Waals surface area contributed by atoms with E-state index in [4.69, 9.17) is 5.11 Å². The van der Waals surface area contributed by atoms with Gasteiger partial charge in [-0.1, -0.05) is 0 Å². The van der Waals surface area contributed by atoms with Crippen molar-refractivity contribution in [2.75, 3.05) is 0 Å². The minimum absolute atomic E-state index is 0.166. The van der Waals surface area contributed by atoms with Gasteiger partial charge < -0.3 is 10.4 Å². The number of hydrogen-bond acceptors (Lipinski definition) is 4. The number of carbonyl (C=O) groups excluding carboxylic acids is 3. The fraction of sp³-hybridized carbons (Fsp3) is 0.636. The van der Waals surface area contributed by atoms with E-state index in [1.807, 2.05) is 0 Å². The summed E-state index contributed by atoms with van der Waals surface area (Å²) in [5.41, 5.74) is -1.19. The second kappa shape index (κ2) is 5.16. The molecule has 0 aliphatic carbocycles. The third-order valence-electron chi connectivity index (χ3n) is 2.76. The summed E-state index contributed by atoms with van der Waals surface area (Å²) in [7, 11) is 0. The van der Waals surface area contributed by atoms with E-state index in [0.717, 1.165) is 0 Å². The maximum Gasteiger partial charge on any atom is 0.309 e. The van der Waals surface area contributed by atoms with E-state index in [0.29, 0.717) is 0 Å². The van der Waals surface area contributed by atoms with Crippen molar-refractivity contribution in [1.82, 2.24) is 10.6 Å². The molecular weight excluding hydrogens is 240 g/mol. The van der Waals surface area contributed by atoms with E-state index in [9.17, 15) is 19.2 Å².